The van der Waals surface area contributed by atoms with Crippen LogP contribution in [0.2, 0.25) is 0 Å². The Morgan fingerprint density at radius 2 is 1.26 bits per heavy atom. The molecule has 0 aromatic rings. The molecule has 1 saturated heterocycles. The molecule has 1 rings (SSSR count). The first-order chi connectivity index (χ1) is 8.90. The molecule has 0 aromatic heterocycles. The van der Waals surface area contributed by atoms with Crippen molar-refractivity contribution in [2.75, 3.05) is 20.0 Å². The Morgan fingerprint density at radius 3 is 1.58 bits per heavy atom. The summed E-state index contributed by atoms with van der Waals surface area (Å²) in [6, 6.07) is 0. The molecule has 6 heteroatoms. The van der Waals surface area contributed by atoms with Crippen molar-refractivity contribution in [1.29, 1.82) is 0 Å². The van der Waals surface area contributed by atoms with Crippen LogP contribution in [0, 0.1) is 5.92 Å². The van der Waals surface area contributed by atoms with Gasteiger partial charge < -0.3 is 14.7 Å². The SMILES string of the molecule is C=CC(=O)N1CN(C(=O)C=C)CN(C(=O)C(C)C)C1. The van der Waals surface area contributed by atoms with E-state index in [0.29, 0.717) is 0 Å². The quantitative estimate of drug-likeness (QED) is 0.693. The van der Waals surface area contributed by atoms with Crippen LogP contribution in [0.4, 0.5) is 0 Å². The van der Waals surface area contributed by atoms with E-state index in [1.807, 2.05) is 0 Å². The molecule has 0 spiro atoms. The fraction of sp³-hybridized carbons (Fsp3) is 0.462. The summed E-state index contributed by atoms with van der Waals surface area (Å²) >= 11 is 0. The zero-order chi connectivity index (χ0) is 14.6. The predicted molar refractivity (Wildman–Crippen MR) is 70.4 cm³/mol. The zero-order valence-electron chi connectivity index (χ0n) is 11.3. The lowest BCUT2D eigenvalue weighted by molar-refractivity contribution is -0.156. The van der Waals surface area contributed by atoms with Gasteiger partial charge in [-0.1, -0.05) is 27.0 Å². The molecule has 0 saturated carbocycles. The number of amides is 3. The van der Waals surface area contributed by atoms with Crippen LogP contribution in [-0.4, -0.2) is 52.4 Å². The van der Waals surface area contributed by atoms with Gasteiger partial charge in [-0.25, -0.2) is 0 Å². The zero-order valence-corrected chi connectivity index (χ0v) is 11.3. The molecule has 0 atom stereocenters. The molecule has 3 amide bonds. The molecule has 1 aliphatic heterocycles. The van der Waals surface area contributed by atoms with Crippen LogP contribution in [0.1, 0.15) is 13.8 Å². The monoisotopic (exact) mass is 265 g/mol. The summed E-state index contributed by atoms with van der Waals surface area (Å²) in [6.07, 6.45) is 2.33. The minimum atomic E-state index is -0.317. The Kier molecular flexibility index (Phi) is 4.86. The minimum Gasteiger partial charge on any atom is -0.307 e. The van der Waals surface area contributed by atoms with Gasteiger partial charge in [-0.3, -0.25) is 14.4 Å². The number of carbonyl (C=O) groups excluding carboxylic acids is 3. The third-order valence-electron chi connectivity index (χ3n) is 2.80. The van der Waals surface area contributed by atoms with Crippen molar-refractivity contribution in [3.63, 3.8) is 0 Å². The first-order valence-corrected chi connectivity index (χ1v) is 6.02. The van der Waals surface area contributed by atoms with E-state index in [1.54, 1.807) is 13.8 Å². The topological polar surface area (TPSA) is 60.9 Å². The van der Waals surface area contributed by atoms with Crippen LogP contribution >= 0.6 is 0 Å². The predicted octanol–water partition coefficient (Wildman–Crippen LogP) is 0.386. The summed E-state index contributed by atoms with van der Waals surface area (Å²) in [4.78, 5) is 39.6. The average Bonchev–Trinajstić information content (AvgIpc) is 2.43. The molecule has 0 radical (unpaired) electrons. The molecular weight excluding hydrogens is 246 g/mol. The highest BCUT2D eigenvalue weighted by Gasteiger charge is 2.30. The van der Waals surface area contributed by atoms with Crippen LogP contribution < -0.4 is 0 Å². The molecule has 1 aliphatic rings. The minimum absolute atomic E-state index is 0.108. The first kappa shape index (κ1) is 14.9. The highest BCUT2D eigenvalue weighted by molar-refractivity contribution is 5.90. The van der Waals surface area contributed by atoms with Gasteiger partial charge in [-0.2, -0.15) is 0 Å². The van der Waals surface area contributed by atoms with E-state index in [2.05, 4.69) is 13.2 Å². The van der Waals surface area contributed by atoms with Crippen molar-refractivity contribution in [1.82, 2.24) is 14.7 Å². The number of rotatable bonds is 3. The normalized spacial score (nSPS) is 15.4. The summed E-state index contributed by atoms with van der Waals surface area (Å²) < 4.78 is 0. The van der Waals surface area contributed by atoms with Gasteiger partial charge in [0.25, 0.3) is 0 Å². The smallest absolute Gasteiger partial charge is 0.248 e. The van der Waals surface area contributed by atoms with E-state index < -0.39 is 0 Å². The summed E-state index contributed by atoms with van der Waals surface area (Å²) in [5.74, 6) is -0.936. The van der Waals surface area contributed by atoms with Crippen LogP contribution in [-0.2, 0) is 14.4 Å². The second-order valence-corrected chi connectivity index (χ2v) is 4.62. The van der Waals surface area contributed by atoms with Crippen molar-refractivity contribution >= 4 is 17.7 Å². The fourth-order valence-corrected chi connectivity index (χ4v) is 1.79. The Labute approximate surface area is 112 Å². The largest absolute Gasteiger partial charge is 0.307 e. The van der Waals surface area contributed by atoms with Crippen molar-refractivity contribution in [2.24, 2.45) is 5.92 Å². The van der Waals surface area contributed by atoms with Gasteiger partial charge in [0.2, 0.25) is 17.7 Å². The number of nitrogens with zero attached hydrogens (tertiary/aromatic N) is 3. The number of carbonyl (C=O) groups is 3. The summed E-state index contributed by atoms with van der Waals surface area (Å²) in [6.45, 7) is 10.8. The third kappa shape index (κ3) is 3.43. The Balaban J connectivity index is 2.92. The third-order valence-corrected chi connectivity index (χ3v) is 2.80. The number of hydrogen-bond donors (Lipinski definition) is 0. The summed E-state index contributed by atoms with van der Waals surface area (Å²) in [5.41, 5.74) is 0. The lowest BCUT2D eigenvalue weighted by atomic mass is 10.2. The van der Waals surface area contributed by atoms with Gasteiger partial charge in [0.15, 0.2) is 0 Å². The molecule has 0 bridgehead atoms. The van der Waals surface area contributed by atoms with Crippen molar-refractivity contribution in [3.8, 4) is 0 Å². The molecule has 0 unspecified atom stereocenters. The Bertz CT molecular complexity index is 389. The molecule has 6 nitrogen and oxygen atoms in total. The van der Waals surface area contributed by atoms with E-state index in [9.17, 15) is 14.4 Å². The van der Waals surface area contributed by atoms with Crippen LogP contribution in [0.15, 0.2) is 25.3 Å². The first-order valence-electron chi connectivity index (χ1n) is 6.02. The molecule has 0 aromatic carbocycles. The van der Waals surface area contributed by atoms with E-state index in [0.717, 1.165) is 0 Å². The fourth-order valence-electron chi connectivity index (χ4n) is 1.79. The van der Waals surface area contributed by atoms with Gasteiger partial charge in [0, 0.05) is 5.92 Å². The van der Waals surface area contributed by atoms with Crippen molar-refractivity contribution in [3.05, 3.63) is 25.3 Å². The van der Waals surface area contributed by atoms with Crippen molar-refractivity contribution in [2.45, 2.75) is 13.8 Å². The van der Waals surface area contributed by atoms with Crippen LogP contribution in [0.3, 0.4) is 0 Å². The molecule has 1 fully saturated rings. The maximum atomic E-state index is 12.0. The molecule has 0 N–H and O–H groups in total. The van der Waals surface area contributed by atoms with E-state index in [4.69, 9.17) is 0 Å². The summed E-state index contributed by atoms with van der Waals surface area (Å²) in [7, 11) is 0. The highest BCUT2D eigenvalue weighted by Crippen LogP contribution is 2.12. The summed E-state index contributed by atoms with van der Waals surface area (Å²) in [5, 5.41) is 0. The standard InChI is InChI=1S/C13H19N3O3/c1-5-11(17)14-7-15(12(18)6-2)9-16(8-14)13(19)10(3)4/h5-6,10H,1-2,7-9H2,3-4H3. The highest BCUT2D eigenvalue weighted by atomic mass is 16.2. The van der Waals surface area contributed by atoms with Gasteiger partial charge in [0.1, 0.15) is 0 Å². The molecule has 1 heterocycles. The second-order valence-electron chi connectivity index (χ2n) is 4.62. The maximum absolute atomic E-state index is 12.0. The van der Waals surface area contributed by atoms with Crippen molar-refractivity contribution < 1.29 is 14.4 Å². The molecule has 0 aliphatic carbocycles. The van der Waals surface area contributed by atoms with Crippen LogP contribution in [0.5, 0.6) is 0 Å². The van der Waals surface area contributed by atoms with Gasteiger partial charge in [-0.05, 0) is 12.2 Å². The van der Waals surface area contributed by atoms with E-state index in [-0.39, 0.29) is 43.6 Å². The van der Waals surface area contributed by atoms with Gasteiger partial charge >= 0.3 is 0 Å². The van der Waals surface area contributed by atoms with E-state index >= 15 is 0 Å². The van der Waals surface area contributed by atoms with Crippen LogP contribution in [0.25, 0.3) is 0 Å². The maximum Gasteiger partial charge on any atom is 0.248 e. The lowest BCUT2D eigenvalue weighted by Crippen LogP contribution is -2.59. The number of hydrogen-bond acceptors (Lipinski definition) is 3. The lowest BCUT2D eigenvalue weighted by Gasteiger charge is -2.42. The molecule has 104 valence electrons. The average molecular weight is 265 g/mol. The molecular formula is C13H19N3O3. The Morgan fingerprint density at radius 1 is 0.895 bits per heavy atom. The van der Waals surface area contributed by atoms with Gasteiger partial charge in [-0.15, -0.1) is 0 Å². The van der Waals surface area contributed by atoms with E-state index in [1.165, 1.54) is 26.9 Å². The van der Waals surface area contributed by atoms with Gasteiger partial charge in [0.05, 0.1) is 20.0 Å². The molecule has 19 heavy (non-hydrogen) atoms. The Hall–Kier alpha value is -2.11. The second kappa shape index (κ2) is 6.17.